The Morgan fingerprint density at radius 3 is 1.97 bits per heavy atom. The van der Waals surface area contributed by atoms with Gasteiger partial charge in [0.2, 0.25) is 10.0 Å². The van der Waals surface area contributed by atoms with Gasteiger partial charge in [-0.1, -0.05) is 78.4 Å². The van der Waals surface area contributed by atoms with E-state index in [-0.39, 0.29) is 10.8 Å². The molecular weight excluding hydrogens is 464 g/mol. The molecule has 0 heterocycles. The third-order valence-corrected chi connectivity index (χ3v) is 7.42. The van der Waals surface area contributed by atoms with Gasteiger partial charge in [0.1, 0.15) is 6.54 Å². The maximum atomic E-state index is 12.6. The molecule has 0 saturated heterocycles. The number of hydrogen-bond donors (Lipinski definition) is 1. The van der Waals surface area contributed by atoms with E-state index in [1.807, 2.05) is 43.3 Å². The van der Waals surface area contributed by atoms with Gasteiger partial charge < -0.3 is 10.1 Å². The minimum atomic E-state index is -3.83. The first-order valence-electron chi connectivity index (χ1n) is 11.3. The predicted molar refractivity (Wildman–Crippen MR) is 134 cm³/mol. The SMILES string of the molecule is Cc1ccc(S(=O)(=O)N(C)CC(=O)OCC(=O)NCCC(c2ccccc2)c2ccccc2)cc1. The molecule has 0 atom stereocenters. The third kappa shape index (κ3) is 7.50. The smallest absolute Gasteiger partial charge is 0.321 e. The number of rotatable bonds is 11. The lowest BCUT2D eigenvalue weighted by Crippen LogP contribution is -2.35. The van der Waals surface area contributed by atoms with Gasteiger partial charge in [0.15, 0.2) is 6.61 Å². The highest BCUT2D eigenvalue weighted by atomic mass is 32.2. The van der Waals surface area contributed by atoms with E-state index in [9.17, 15) is 18.0 Å². The zero-order valence-electron chi connectivity index (χ0n) is 19.9. The summed E-state index contributed by atoms with van der Waals surface area (Å²) in [5.74, 6) is -1.13. The largest absolute Gasteiger partial charge is 0.455 e. The van der Waals surface area contributed by atoms with Gasteiger partial charge in [-0.15, -0.1) is 0 Å². The number of aryl methyl sites for hydroxylation is 1. The Kier molecular flexibility index (Phi) is 9.17. The average Bonchev–Trinajstić information content (AvgIpc) is 2.86. The van der Waals surface area contributed by atoms with Crippen LogP contribution in [0, 0.1) is 6.92 Å². The van der Waals surface area contributed by atoms with Crippen molar-refractivity contribution in [2.75, 3.05) is 26.7 Å². The Bertz CT molecular complexity index is 1170. The Morgan fingerprint density at radius 2 is 1.43 bits per heavy atom. The number of ether oxygens (including phenoxy) is 1. The minimum Gasteiger partial charge on any atom is -0.455 e. The molecule has 0 saturated carbocycles. The molecular formula is C27H30N2O5S. The van der Waals surface area contributed by atoms with Crippen molar-refractivity contribution in [1.82, 2.24) is 9.62 Å². The van der Waals surface area contributed by atoms with Crippen LogP contribution in [0.1, 0.15) is 29.0 Å². The molecule has 0 radical (unpaired) electrons. The number of likely N-dealkylation sites (N-methyl/N-ethyl adjacent to an activating group) is 1. The van der Waals surface area contributed by atoms with E-state index < -0.39 is 35.1 Å². The fraction of sp³-hybridized carbons (Fsp3) is 0.259. The van der Waals surface area contributed by atoms with E-state index in [2.05, 4.69) is 29.6 Å². The molecule has 3 aromatic carbocycles. The number of sulfonamides is 1. The van der Waals surface area contributed by atoms with Gasteiger partial charge in [0.05, 0.1) is 4.90 Å². The van der Waals surface area contributed by atoms with Crippen molar-refractivity contribution in [1.29, 1.82) is 0 Å². The highest BCUT2D eigenvalue weighted by Gasteiger charge is 2.24. The number of nitrogens with one attached hydrogen (secondary N) is 1. The summed E-state index contributed by atoms with van der Waals surface area (Å²) in [5, 5.41) is 2.77. The number of hydrogen-bond acceptors (Lipinski definition) is 5. The topological polar surface area (TPSA) is 92.8 Å². The summed E-state index contributed by atoms with van der Waals surface area (Å²) in [5.41, 5.74) is 3.23. The second-order valence-electron chi connectivity index (χ2n) is 8.25. The molecule has 8 heteroatoms. The molecule has 0 aliphatic rings. The van der Waals surface area contributed by atoms with Gasteiger partial charge in [0.25, 0.3) is 5.91 Å². The van der Waals surface area contributed by atoms with Crippen LogP contribution in [0.3, 0.4) is 0 Å². The van der Waals surface area contributed by atoms with Crippen molar-refractivity contribution in [2.24, 2.45) is 0 Å². The fourth-order valence-corrected chi connectivity index (χ4v) is 4.77. The maximum absolute atomic E-state index is 12.6. The van der Waals surface area contributed by atoms with Crippen molar-refractivity contribution in [3.8, 4) is 0 Å². The zero-order valence-corrected chi connectivity index (χ0v) is 20.7. The quantitative estimate of drug-likeness (QED) is 0.412. The Hall–Kier alpha value is -3.49. The molecule has 3 aromatic rings. The molecule has 184 valence electrons. The lowest BCUT2D eigenvalue weighted by molar-refractivity contribution is -0.148. The van der Waals surface area contributed by atoms with E-state index in [1.165, 1.54) is 19.2 Å². The third-order valence-electron chi connectivity index (χ3n) is 5.60. The number of carbonyl (C=O) groups excluding carboxylic acids is 2. The molecule has 0 aromatic heterocycles. The normalized spacial score (nSPS) is 11.4. The van der Waals surface area contributed by atoms with E-state index in [1.54, 1.807) is 12.1 Å². The van der Waals surface area contributed by atoms with Crippen LogP contribution in [0.2, 0.25) is 0 Å². The van der Waals surface area contributed by atoms with Crippen molar-refractivity contribution in [3.63, 3.8) is 0 Å². The van der Waals surface area contributed by atoms with Gasteiger partial charge in [-0.3, -0.25) is 9.59 Å². The first-order chi connectivity index (χ1) is 16.8. The standard InChI is InChI=1S/C27H30N2O5S/c1-21-13-15-24(16-14-21)35(32,33)29(2)19-27(31)34-20-26(30)28-18-17-25(22-9-5-3-6-10-22)23-11-7-4-8-12-23/h3-16,25H,17-20H2,1-2H3,(H,28,30). The molecule has 0 unspecified atom stereocenters. The van der Waals surface area contributed by atoms with Gasteiger partial charge in [-0.05, 0) is 36.6 Å². The lowest BCUT2D eigenvalue weighted by atomic mass is 9.88. The van der Waals surface area contributed by atoms with Crippen molar-refractivity contribution in [2.45, 2.75) is 24.2 Å². The molecule has 7 nitrogen and oxygen atoms in total. The van der Waals surface area contributed by atoms with E-state index >= 15 is 0 Å². The van der Waals surface area contributed by atoms with Gasteiger partial charge in [-0.25, -0.2) is 8.42 Å². The number of amides is 1. The molecule has 0 aliphatic heterocycles. The van der Waals surface area contributed by atoms with Crippen molar-refractivity contribution in [3.05, 3.63) is 102 Å². The maximum Gasteiger partial charge on any atom is 0.321 e. The fourth-order valence-electron chi connectivity index (χ4n) is 3.65. The number of esters is 1. The average molecular weight is 495 g/mol. The summed E-state index contributed by atoms with van der Waals surface area (Å²) < 4.78 is 31.1. The molecule has 35 heavy (non-hydrogen) atoms. The number of benzene rings is 3. The van der Waals surface area contributed by atoms with Crippen LogP contribution in [-0.2, 0) is 24.3 Å². The zero-order chi connectivity index (χ0) is 25.3. The Morgan fingerprint density at radius 1 is 0.886 bits per heavy atom. The molecule has 1 amide bonds. The van der Waals surface area contributed by atoms with Crippen LogP contribution in [-0.4, -0.2) is 51.3 Å². The van der Waals surface area contributed by atoms with Crippen LogP contribution < -0.4 is 5.32 Å². The summed E-state index contributed by atoms with van der Waals surface area (Å²) in [6.07, 6.45) is 0.672. The van der Waals surface area contributed by atoms with Crippen LogP contribution in [0.5, 0.6) is 0 Å². The second-order valence-corrected chi connectivity index (χ2v) is 10.3. The lowest BCUT2D eigenvalue weighted by Gasteiger charge is -2.19. The summed E-state index contributed by atoms with van der Waals surface area (Å²) in [4.78, 5) is 24.4. The van der Waals surface area contributed by atoms with Crippen LogP contribution in [0.15, 0.2) is 89.8 Å². The molecule has 0 aliphatic carbocycles. The van der Waals surface area contributed by atoms with Crippen molar-refractivity contribution < 1.29 is 22.7 Å². The highest BCUT2D eigenvalue weighted by Crippen LogP contribution is 2.27. The van der Waals surface area contributed by atoms with Gasteiger partial charge >= 0.3 is 5.97 Å². The van der Waals surface area contributed by atoms with Crippen LogP contribution in [0.4, 0.5) is 0 Å². The number of nitrogens with zero attached hydrogens (tertiary/aromatic N) is 1. The molecule has 0 bridgehead atoms. The Balaban J connectivity index is 1.47. The molecule has 1 N–H and O–H groups in total. The molecule has 0 fully saturated rings. The van der Waals surface area contributed by atoms with Crippen LogP contribution in [0.25, 0.3) is 0 Å². The summed E-state index contributed by atoms with van der Waals surface area (Å²) in [6.45, 7) is 1.28. The monoisotopic (exact) mass is 494 g/mol. The van der Waals surface area contributed by atoms with Crippen molar-refractivity contribution >= 4 is 21.9 Å². The minimum absolute atomic E-state index is 0.0857. The van der Waals surface area contributed by atoms with Gasteiger partial charge in [-0.2, -0.15) is 4.31 Å². The first-order valence-corrected chi connectivity index (χ1v) is 12.8. The predicted octanol–water partition coefficient (Wildman–Crippen LogP) is 3.50. The number of carbonyl (C=O) groups is 2. The summed E-state index contributed by atoms with van der Waals surface area (Å²) in [6, 6.07) is 26.4. The second kappa shape index (κ2) is 12.3. The molecule has 0 spiro atoms. The van der Waals surface area contributed by atoms with E-state index in [0.29, 0.717) is 13.0 Å². The molecule has 3 rings (SSSR count). The first kappa shape index (κ1) is 26.1. The Labute approximate surface area is 206 Å². The summed E-state index contributed by atoms with van der Waals surface area (Å²) >= 11 is 0. The van der Waals surface area contributed by atoms with E-state index in [4.69, 9.17) is 4.74 Å². The van der Waals surface area contributed by atoms with Gasteiger partial charge in [0, 0.05) is 19.5 Å². The summed E-state index contributed by atoms with van der Waals surface area (Å²) in [7, 11) is -2.54. The highest BCUT2D eigenvalue weighted by molar-refractivity contribution is 7.89. The van der Waals surface area contributed by atoms with E-state index in [0.717, 1.165) is 21.0 Å². The van der Waals surface area contributed by atoms with Crippen LogP contribution >= 0.6 is 0 Å².